The normalized spacial score (nSPS) is 15.2. The molecule has 0 aliphatic carbocycles. The lowest BCUT2D eigenvalue weighted by atomic mass is 10.2. The first-order chi connectivity index (χ1) is 9.16. The van der Waals surface area contributed by atoms with E-state index in [-0.39, 0.29) is 5.69 Å². The molecule has 0 saturated carbocycles. The van der Waals surface area contributed by atoms with Crippen molar-refractivity contribution in [1.82, 2.24) is 19.4 Å². The Morgan fingerprint density at radius 3 is 2.89 bits per heavy atom. The minimum atomic E-state index is -0.985. The Labute approximate surface area is 110 Å². The number of carboxylic acids is 1. The molecule has 2 aromatic heterocycles. The molecule has 0 unspecified atom stereocenters. The van der Waals surface area contributed by atoms with E-state index in [2.05, 4.69) is 14.9 Å². The fraction of sp³-hybridized carbons (Fsp3) is 0.308. The van der Waals surface area contributed by atoms with Crippen molar-refractivity contribution in [2.75, 3.05) is 13.6 Å². The van der Waals surface area contributed by atoms with Gasteiger partial charge in [0.1, 0.15) is 5.69 Å². The van der Waals surface area contributed by atoms with Gasteiger partial charge in [0.2, 0.25) is 0 Å². The largest absolute Gasteiger partial charge is 0.476 e. The second-order valence-corrected chi connectivity index (χ2v) is 4.64. The number of aromatic carboxylic acids is 1. The van der Waals surface area contributed by atoms with Gasteiger partial charge in [0.25, 0.3) is 0 Å². The molecule has 0 saturated heterocycles. The van der Waals surface area contributed by atoms with Crippen molar-refractivity contribution in [3.05, 3.63) is 35.8 Å². The number of nitrogens with zero attached hydrogens (tertiary/aromatic N) is 4. The predicted octanol–water partition coefficient (Wildman–Crippen LogP) is 1.09. The van der Waals surface area contributed by atoms with Gasteiger partial charge < -0.3 is 9.67 Å². The van der Waals surface area contributed by atoms with Gasteiger partial charge in [-0.25, -0.2) is 9.78 Å². The molecule has 0 radical (unpaired) electrons. The third-order valence-corrected chi connectivity index (χ3v) is 3.29. The summed E-state index contributed by atoms with van der Waals surface area (Å²) < 4.78 is 1.96. The smallest absolute Gasteiger partial charge is 0.356 e. The van der Waals surface area contributed by atoms with Crippen LogP contribution in [-0.4, -0.2) is 44.1 Å². The van der Waals surface area contributed by atoms with Crippen molar-refractivity contribution in [1.29, 1.82) is 0 Å². The number of imidazole rings is 1. The molecule has 0 aromatic carbocycles. The van der Waals surface area contributed by atoms with Gasteiger partial charge in [-0.2, -0.15) is 0 Å². The maximum absolute atomic E-state index is 11.3. The standard InChI is InChI=1S/C13H14N4O2/c1-16-6-7-17-10(8-16)11(13(18)19)15-12(17)9-4-2-3-5-14-9/h2-5H,6-8H2,1H3,(H,18,19). The molecule has 0 amide bonds. The first kappa shape index (κ1) is 11.9. The Kier molecular flexibility index (Phi) is 2.79. The van der Waals surface area contributed by atoms with Gasteiger partial charge in [-0.05, 0) is 19.2 Å². The molecule has 98 valence electrons. The molecule has 0 atom stereocenters. The van der Waals surface area contributed by atoms with E-state index in [1.165, 1.54) is 0 Å². The highest BCUT2D eigenvalue weighted by molar-refractivity contribution is 5.87. The molecular weight excluding hydrogens is 244 g/mol. The number of fused-ring (bicyclic) bond motifs is 1. The van der Waals surface area contributed by atoms with Crippen LogP contribution in [-0.2, 0) is 13.1 Å². The number of aromatic nitrogens is 3. The highest BCUT2D eigenvalue weighted by Crippen LogP contribution is 2.24. The topological polar surface area (TPSA) is 71.2 Å². The quantitative estimate of drug-likeness (QED) is 0.873. The summed E-state index contributed by atoms with van der Waals surface area (Å²) in [6.07, 6.45) is 1.69. The first-order valence-electron chi connectivity index (χ1n) is 6.09. The fourth-order valence-corrected chi connectivity index (χ4v) is 2.35. The second-order valence-electron chi connectivity index (χ2n) is 4.64. The molecule has 2 aromatic rings. The molecule has 0 fully saturated rings. The van der Waals surface area contributed by atoms with Crippen LogP contribution < -0.4 is 0 Å². The van der Waals surface area contributed by atoms with E-state index in [1.54, 1.807) is 6.20 Å². The number of carbonyl (C=O) groups is 1. The minimum Gasteiger partial charge on any atom is -0.476 e. The van der Waals surface area contributed by atoms with E-state index in [1.807, 2.05) is 29.8 Å². The highest BCUT2D eigenvalue weighted by Gasteiger charge is 2.26. The number of hydrogen-bond donors (Lipinski definition) is 1. The van der Waals surface area contributed by atoms with Crippen molar-refractivity contribution < 1.29 is 9.90 Å². The van der Waals surface area contributed by atoms with Crippen molar-refractivity contribution in [2.45, 2.75) is 13.1 Å². The summed E-state index contributed by atoms with van der Waals surface area (Å²) in [5.74, 6) is -0.345. The molecule has 19 heavy (non-hydrogen) atoms. The van der Waals surface area contributed by atoms with E-state index in [9.17, 15) is 9.90 Å². The van der Waals surface area contributed by atoms with Crippen molar-refractivity contribution in [3.63, 3.8) is 0 Å². The lowest BCUT2D eigenvalue weighted by Gasteiger charge is -2.25. The summed E-state index contributed by atoms with van der Waals surface area (Å²) in [6.45, 7) is 2.21. The summed E-state index contributed by atoms with van der Waals surface area (Å²) >= 11 is 0. The summed E-state index contributed by atoms with van der Waals surface area (Å²) in [7, 11) is 1.97. The first-order valence-corrected chi connectivity index (χ1v) is 6.09. The zero-order valence-electron chi connectivity index (χ0n) is 10.6. The second kappa shape index (κ2) is 4.47. The maximum atomic E-state index is 11.3. The van der Waals surface area contributed by atoms with Crippen LogP contribution >= 0.6 is 0 Å². The van der Waals surface area contributed by atoms with Crippen LogP contribution in [0.15, 0.2) is 24.4 Å². The molecule has 1 N–H and O–H groups in total. The van der Waals surface area contributed by atoms with Gasteiger partial charge in [0.05, 0.1) is 5.69 Å². The van der Waals surface area contributed by atoms with Crippen LogP contribution in [0.2, 0.25) is 0 Å². The Morgan fingerprint density at radius 2 is 2.21 bits per heavy atom. The molecule has 0 bridgehead atoms. The Balaban J connectivity index is 2.17. The van der Waals surface area contributed by atoms with Crippen LogP contribution in [0.4, 0.5) is 0 Å². The van der Waals surface area contributed by atoms with Crippen LogP contribution in [0.3, 0.4) is 0 Å². The van der Waals surface area contributed by atoms with Crippen LogP contribution in [0, 0.1) is 0 Å². The third-order valence-electron chi connectivity index (χ3n) is 3.29. The summed E-state index contributed by atoms with van der Waals surface area (Å²) in [5.41, 5.74) is 1.59. The van der Waals surface area contributed by atoms with Crippen LogP contribution in [0.25, 0.3) is 11.5 Å². The van der Waals surface area contributed by atoms with E-state index in [0.29, 0.717) is 18.1 Å². The molecule has 3 rings (SSSR count). The van der Waals surface area contributed by atoms with Gasteiger partial charge in [0.15, 0.2) is 11.5 Å². The molecule has 6 nitrogen and oxygen atoms in total. The summed E-state index contributed by atoms with van der Waals surface area (Å²) in [5, 5.41) is 9.27. The minimum absolute atomic E-state index is 0.132. The van der Waals surface area contributed by atoms with Gasteiger partial charge in [-0.15, -0.1) is 0 Å². The molecule has 0 spiro atoms. The Morgan fingerprint density at radius 1 is 1.37 bits per heavy atom. The molecule has 1 aliphatic heterocycles. The lowest BCUT2D eigenvalue weighted by Crippen LogP contribution is -2.31. The Hall–Kier alpha value is -2.21. The van der Waals surface area contributed by atoms with E-state index in [0.717, 1.165) is 18.8 Å². The predicted molar refractivity (Wildman–Crippen MR) is 68.8 cm³/mol. The number of carboxylic acid groups (broad SMARTS) is 1. The van der Waals surface area contributed by atoms with Crippen LogP contribution in [0.1, 0.15) is 16.2 Å². The molecule has 6 heteroatoms. The number of pyridine rings is 1. The van der Waals surface area contributed by atoms with Gasteiger partial charge in [0, 0.05) is 25.8 Å². The zero-order chi connectivity index (χ0) is 13.4. The summed E-state index contributed by atoms with van der Waals surface area (Å²) in [4.78, 5) is 21.9. The van der Waals surface area contributed by atoms with E-state index in [4.69, 9.17) is 0 Å². The Bertz CT molecular complexity index is 621. The number of hydrogen-bond acceptors (Lipinski definition) is 4. The SMILES string of the molecule is CN1CCn2c(-c3ccccn3)nc(C(=O)O)c2C1. The van der Waals surface area contributed by atoms with Gasteiger partial charge in [-0.3, -0.25) is 9.88 Å². The maximum Gasteiger partial charge on any atom is 0.356 e. The highest BCUT2D eigenvalue weighted by atomic mass is 16.4. The van der Waals surface area contributed by atoms with Gasteiger partial charge >= 0.3 is 5.97 Å². The lowest BCUT2D eigenvalue weighted by molar-refractivity contribution is 0.0687. The monoisotopic (exact) mass is 258 g/mol. The number of likely N-dealkylation sites (N-methyl/N-ethyl adjacent to an activating group) is 1. The molecule has 3 heterocycles. The van der Waals surface area contributed by atoms with Crippen LogP contribution in [0.5, 0.6) is 0 Å². The van der Waals surface area contributed by atoms with E-state index >= 15 is 0 Å². The third kappa shape index (κ3) is 2.00. The zero-order valence-corrected chi connectivity index (χ0v) is 10.6. The van der Waals surface area contributed by atoms with E-state index < -0.39 is 5.97 Å². The van der Waals surface area contributed by atoms with Crippen molar-refractivity contribution in [3.8, 4) is 11.5 Å². The number of rotatable bonds is 2. The van der Waals surface area contributed by atoms with Crippen molar-refractivity contribution >= 4 is 5.97 Å². The average molecular weight is 258 g/mol. The molecule has 1 aliphatic rings. The average Bonchev–Trinajstić information content (AvgIpc) is 2.78. The summed E-state index contributed by atoms with van der Waals surface area (Å²) in [6, 6.07) is 5.55. The fourth-order valence-electron chi connectivity index (χ4n) is 2.35. The van der Waals surface area contributed by atoms with Gasteiger partial charge in [-0.1, -0.05) is 6.07 Å². The van der Waals surface area contributed by atoms with Crippen molar-refractivity contribution in [2.24, 2.45) is 0 Å². The molecular formula is C13H14N4O2.